The lowest BCUT2D eigenvalue weighted by Crippen LogP contribution is -2.29. The Kier molecular flexibility index (Phi) is 8.44. The maximum absolute atomic E-state index is 13.0. The van der Waals surface area contributed by atoms with Crippen LogP contribution in [0.15, 0.2) is 29.8 Å². The number of hydrogen-bond acceptors (Lipinski definition) is 3. The fraction of sp³-hybridized carbons (Fsp3) is 0.600. The summed E-state index contributed by atoms with van der Waals surface area (Å²) in [6.45, 7) is 13.2. The Bertz CT molecular complexity index is 745. The van der Waals surface area contributed by atoms with Crippen LogP contribution in [0.2, 0.25) is 11.6 Å². The van der Waals surface area contributed by atoms with Crippen LogP contribution in [0.5, 0.6) is 5.75 Å². The molecule has 0 heterocycles. The van der Waals surface area contributed by atoms with Gasteiger partial charge in [0.1, 0.15) is 12.0 Å². The van der Waals surface area contributed by atoms with Crippen LogP contribution in [0.1, 0.15) is 76.2 Å². The normalized spacial score (nSPS) is 17.5. The van der Waals surface area contributed by atoms with Crippen molar-refractivity contribution in [3.63, 3.8) is 0 Å². The van der Waals surface area contributed by atoms with Crippen LogP contribution in [0, 0.1) is 11.8 Å². The van der Waals surface area contributed by atoms with Crippen molar-refractivity contribution in [3.05, 3.63) is 41.0 Å². The first kappa shape index (κ1) is 23.6. The number of hydrogen-bond donors (Lipinski definition) is 0. The molecule has 1 aliphatic rings. The highest BCUT2D eigenvalue weighted by molar-refractivity contribution is 6.60. The lowest BCUT2D eigenvalue weighted by molar-refractivity contribution is -0.110. The van der Waals surface area contributed by atoms with Crippen LogP contribution in [0.25, 0.3) is 0 Å². The van der Waals surface area contributed by atoms with E-state index >= 15 is 0 Å². The summed E-state index contributed by atoms with van der Waals surface area (Å²) < 4.78 is 6.04. The van der Waals surface area contributed by atoms with Crippen LogP contribution in [-0.4, -0.2) is 27.1 Å². The first-order valence-corrected chi connectivity index (χ1v) is 13.2. The average Bonchev–Trinajstić information content (AvgIpc) is 2.98. The number of allylic oxidation sites excluding steroid dienone is 2. The second-order valence-electron chi connectivity index (χ2n) is 9.58. The van der Waals surface area contributed by atoms with Gasteiger partial charge in [0.15, 0.2) is 5.78 Å². The Morgan fingerprint density at radius 3 is 2.55 bits per heavy atom. The predicted molar refractivity (Wildman–Crippen MR) is 122 cm³/mol. The molecule has 0 bridgehead atoms. The lowest BCUT2D eigenvalue weighted by atomic mass is 9.91. The topological polar surface area (TPSA) is 43.4 Å². The zero-order chi connectivity index (χ0) is 21.6. The van der Waals surface area contributed by atoms with E-state index in [1.165, 1.54) is 0 Å². The molecule has 2 rings (SSSR count). The summed E-state index contributed by atoms with van der Waals surface area (Å²) in [7, 11) is -0.621. The lowest BCUT2D eigenvalue weighted by Gasteiger charge is -2.25. The van der Waals surface area contributed by atoms with Crippen molar-refractivity contribution in [2.24, 2.45) is 11.8 Å². The minimum Gasteiger partial charge on any atom is -0.497 e. The summed E-state index contributed by atoms with van der Waals surface area (Å²) in [5, 5.41) is 0.294. The van der Waals surface area contributed by atoms with Gasteiger partial charge in [-0.3, -0.25) is 4.79 Å². The van der Waals surface area contributed by atoms with Crippen molar-refractivity contribution >= 4 is 20.9 Å². The third kappa shape index (κ3) is 6.67. The van der Waals surface area contributed by atoms with E-state index in [9.17, 15) is 9.59 Å². The molecule has 0 amide bonds. The van der Waals surface area contributed by atoms with Gasteiger partial charge in [0.2, 0.25) is 0 Å². The Hall–Kier alpha value is -1.68. The number of benzene rings is 1. The van der Waals surface area contributed by atoms with Crippen molar-refractivity contribution in [3.8, 4) is 5.75 Å². The van der Waals surface area contributed by atoms with Crippen molar-refractivity contribution in [1.82, 2.24) is 0 Å². The fourth-order valence-electron chi connectivity index (χ4n) is 3.52. The van der Waals surface area contributed by atoms with E-state index in [1.807, 2.05) is 25.1 Å². The summed E-state index contributed by atoms with van der Waals surface area (Å²) in [4.78, 5) is 23.9. The SMILES string of the molecule is CCCC(/C=C1\Cc2ccc(OC[Si](C)C(C)(C)C)cc2C1=O)CCC(C)C=O. The molecule has 29 heavy (non-hydrogen) atoms. The van der Waals surface area contributed by atoms with E-state index in [4.69, 9.17) is 4.74 Å². The van der Waals surface area contributed by atoms with Gasteiger partial charge in [-0.05, 0) is 47.9 Å². The van der Waals surface area contributed by atoms with E-state index < -0.39 is 8.80 Å². The van der Waals surface area contributed by atoms with E-state index in [0.29, 0.717) is 17.4 Å². The highest BCUT2D eigenvalue weighted by Gasteiger charge is 2.27. The summed E-state index contributed by atoms with van der Waals surface area (Å²) in [6.07, 6.45) is 8.64. The zero-order valence-corrected chi connectivity index (χ0v) is 20.0. The molecule has 1 radical (unpaired) electrons. The Morgan fingerprint density at radius 2 is 1.93 bits per heavy atom. The molecular formula is C25H37O3Si. The van der Waals surface area contributed by atoms with Crippen molar-refractivity contribution in [2.45, 2.75) is 78.3 Å². The van der Waals surface area contributed by atoms with Crippen LogP contribution < -0.4 is 4.74 Å². The van der Waals surface area contributed by atoms with Gasteiger partial charge >= 0.3 is 0 Å². The first-order valence-electron chi connectivity index (χ1n) is 10.9. The molecular weight excluding hydrogens is 376 g/mol. The van der Waals surface area contributed by atoms with E-state index in [-0.39, 0.29) is 11.7 Å². The maximum atomic E-state index is 13.0. The third-order valence-electron chi connectivity index (χ3n) is 6.06. The molecule has 1 aromatic rings. The van der Waals surface area contributed by atoms with Crippen molar-refractivity contribution in [2.75, 3.05) is 6.23 Å². The first-order chi connectivity index (χ1) is 13.7. The smallest absolute Gasteiger partial charge is 0.189 e. The largest absolute Gasteiger partial charge is 0.497 e. The van der Waals surface area contributed by atoms with Crippen LogP contribution in [-0.2, 0) is 11.2 Å². The van der Waals surface area contributed by atoms with E-state index in [1.54, 1.807) is 0 Å². The summed E-state index contributed by atoms with van der Waals surface area (Å²) in [5.74, 6) is 1.40. The van der Waals surface area contributed by atoms with Crippen LogP contribution >= 0.6 is 0 Å². The molecule has 0 aliphatic heterocycles. The molecule has 0 N–H and O–H groups in total. The maximum Gasteiger partial charge on any atom is 0.189 e. The number of rotatable bonds is 10. The monoisotopic (exact) mass is 413 g/mol. The number of carbonyl (C=O) groups is 2. The fourth-order valence-corrected chi connectivity index (χ4v) is 4.34. The second-order valence-corrected chi connectivity index (χ2v) is 12.9. The quantitative estimate of drug-likeness (QED) is 0.259. The Balaban J connectivity index is 2.09. The Morgan fingerprint density at radius 1 is 1.21 bits per heavy atom. The number of ether oxygens (including phenoxy) is 1. The molecule has 1 aliphatic carbocycles. The summed E-state index contributed by atoms with van der Waals surface area (Å²) in [6, 6.07) is 5.98. The molecule has 0 saturated carbocycles. The van der Waals surface area contributed by atoms with Gasteiger partial charge < -0.3 is 9.53 Å². The molecule has 4 heteroatoms. The van der Waals surface area contributed by atoms with Gasteiger partial charge in [0, 0.05) is 23.5 Å². The Labute approximate surface area is 178 Å². The molecule has 0 fully saturated rings. The van der Waals surface area contributed by atoms with Crippen molar-refractivity contribution in [1.29, 1.82) is 0 Å². The molecule has 0 aromatic heterocycles. The molecule has 159 valence electrons. The van der Waals surface area contributed by atoms with Crippen LogP contribution in [0.3, 0.4) is 0 Å². The highest BCUT2D eigenvalue weighted by atomic mass is 28.3. The van der Waals surface area contributed by atoms with Gasteiger partial charge in [-0.25, -0.2) is 0 Å². The minimum atomic E-state index is -0.621. The number of aldehydes is 1. The van der Waals surface area contributed by atoms with Crippen LogP contribution in [0.4, 0.5) is 0 Å². The molecule has 0 spiro atoms. The molecule has 0 saturated heterocycles. The second kappa shape index (κ2) is 10.4. The summed E-state index contributed by atoms with van der Waals surface area (Å²) >= 11 is 0. The summed E-state index contributed by atoms with van der Waals surface area (Å²) in [5.41, 5.74) is 2.80. The molecule has 1 aromatic carbocycles. The van der Waals surface area contributed by atoms with Gasteiger partial charge in [-0.15, -0.1) is 0 Å². The predicted octanol–water partition coefficient (Wildman–Crippen LogP) is 6.23. The number of fused-ring (bicyclic) bond motifs is 1. The highest BCUT2D eigenvalue weighted by Crippen LogP contribution is 2.32. The standard InChI is InChI=1S/C25H37O3Si/c1-7-8-19(10-9-18(2)16-26)13-21-14-20-11-12-22(15-23(20)24(21)27)28-17-29(6)25(3,4)5/h11-13,15-16,18-19H,7-10,14,17H2,1-6H3/b21-13+. The van der Waals surface area contributed by atoms with Gasteiger partial charge in [0.05, 0.1) is 15.0 Å². The number of Topliss-reactive ketones (excluding diaryl/α,β-unsaturated/α-hetero) is 1. The van der Waals surface area contributed by atoms with Gasteiger partial charge in [0.25, 0.3) is 0 Å². The van der Waals surface area contributed by atoms with Crippen molar-refractivity contribution < 1.29 is 14.3 Å². The number of ketones is 1. The molecule has 3 nitrogen and oxygen atoms in total. The third-order valence-corrected chi connectivity index (χ3v) is 9.19. The molecule has 2 atom stereocenters. The number of carbonyl (C=O) groups excluding carboxylic acids is 2. The van der Waals surface area contributed by atoms with Gasteiger partial charge in [-0.2, -0.15) is 0 Å². The molecule has 2 unspecified atom stereocenters. The minimum absolute atomic E-state index is 0.0852. The average molecular weight is 414 g/mol. The van der Waals surface area contributed by atoms with Gasteiger partial charge in [-0.1, -0.05) is 59.7 Å². The zero-order valence-electron chi connectivity index (χ0n) is 19.0. The van der Waals surface area contributed by atoms with E-state index in [2.05, 4.69) is 40.3 Å². The van der Waals surface area contributed by atoms with E-state index in [0.717, 1.165) is 60.6 Å².